The van der Waals surface area contributed by atoms with Crippen molar-refractivity contribution in [1.29, 1.82) is 0 Å². The number of carbonyl (C=O) groups is 1. The average Bonchev–Trinajstić information content (AvgIpc) is 3.44. The first kappa shape index (κ1) is 18.5. The smallest absolute Gasteiger partial charge is 0.317 e. The van der Waals surface area contributed by atoms with Crippen LogP contribution in [0.15, 0.2) is 46.2 Å². The number of rotatable bonds is 5. The van der Waals surface area contributed by atoms with Gasteiger partial charge in [0.25, 0.3) is 5.89 Å². The summed E-state index contributed by atoms with van der Waals surface area (Å²) in [7, 11) is 1.64. The van der Waals surface area contributed by atoms with Gasteiger partial charge < -0.3 is 19.4 Å². The van der Waals surface area contributed by atoms with E-state index < -0.39 is 0 Å². The number of benzene rings is 1. The van der Waals surface area contributed by atoms with Crippen molar-refractivity contribution in [3.8, 4) is 16.5 Å². The van der Waals surface area contributed by atoms with Gasteiger partial charge >= 0.3 is 6.03 Å². The number of carbonyl (C=O) groups excluding carboxylic acids is 1. The highest BCUT2D eigenvalue weighted by molar-refractivity contribution is 7.13. The molecule has 28 heavy (non-hydrogen) atoms. The van der Waals surface area contributed by atoms with Crippen LogP contribution in [-0.2, 0) is 6.54 Å². The summed E-state index contributed by atoms with van der Waals surface area (Å²) >= 11 is 1.57. The number of hydrogen-bond acceptors (Lipinski definition) is 6. The van der Waals surface area contributed by atoms with Gasteiger partial charge in [0.05, 0.1) is 17.9 Å². The maximum Gasteiger partial charge on any atom is 0.317 e. The highest BCUT2D eigenvalue weighted by Gasteiger charge is 2.28. The fraction of sp³-hybridized carbons (Fsp3) is 0.350. The predicted octanol–water partition coefficient (Wildman–Crippen LogP) is 3.90. The van der Waals surface area contributed by atoms with Crippen molar-refractivity contribution in [2.75, 3.05) is 20.2 Å². The van der Waals surface area contributed by atoms with Crippen LogP contribution in [-0.4, -0.2) is 41.3 Å². The summed E-state index contributed by atoms with van der Waals surface area (Å²) in [6.45, 7) is 1.80. The van der Waals surface area contributed by atoms with Crippen LogP contribution in [0.4, 0.5) is 4.79 Å². The third kappa shape index (κ3) is 4.17. The third-order valence-corrected chi connectivity index (χ3v) is 5.69. The number of aromatic nitrogens is 2. The minimum atomic E-state index is -0.0708. The van der Waals surface area contributed by atoms with Crippen molar-refractivity contribution in [2.24, 2.45) is 0 Å². The monoisotopic (exact) mass is 398 g/mol. The fourth-order valence-electron chi connectivity index (χ4n) is 3.30. The number of thiophene rings is 1. The molecule has 0 spiro atoms. The van der Waals surface area contributed by atoms with Crippen LogP contribution < -0.4 is 10.1 Å². The van der Waals surface area contributed by atoms with E-state index in [9.17, 15) is 4.79 Å². The second-order valence-electron chi connectivity index (χ2n) is 6.71. The molecule has 1 aromatic carbocycles. The minimum Gasteiger partial charge on any atom is -0.497 e. The SMILES string of the molecule is COc1ccc(CNC(=O)N2CCC[C@@H](c3nnc(-c4cccs4)o3)C2)cc1. The van der Waals surface area contributed by atoms with E-state index in [0.29, 0.717) is 24.9 Å². The molecular formula is C20H22N4O3S. The number of likely N-dealkylation sites (tertiary alicyclic amines) is 1. The van der Waals surface area contributed by atoms with E-state index in [2.05, 4.69) is 15.5 Å². The van der Waals surface area contributed by atoms with Gasteiger partial charge in [0.15, 0.2) is 0 Å². The van der Waals surface area contributed by atoms with E-state index in [1.165, 1.54) is 0 Å². The third-order valence-electron chi connectivity index (χ3n) is 4.83. The molecular weight excluding hydrogens is 376 g/mol. The lowest BCUT2D eigenvalue weighted by Gasteiger charge is -2.31. The molecule has 7 nitrogen and oxygen atoms in total. The topological polar surface area (TPSA) is 80.5 Å². The largest absolute Gasteiger partial charge is 0.497 e. The maximum absolute atomic E-state index is 12.6. The van der Waals surface area contributed by atoms with Gasteiger partial charge in [-0.25, -0.2) is 4.79 Å². The van der Waals surface area contributed by atoms with Crippen LogP contribution >= 0.6 is 11.3 Å². The highest BCUT2D eigenvalue weighted by Crippen LogP contribution is 2.30. The number of piperidine rings is 1. The minimum absolute atomic E-state index is 0.0708. The van der Waals surface area contributed by atoms with Crippen LogP contribution in [0.2, 0.25) is 0 Å². The Hall–Kier alpha value is -2.87. The highest BCUT2D eigenvalue weighted by atomic mass is 32.1. The molecule has 1 aliphatic rings. The summed E-state index contributed by atoms with van der Waals surface area (Å²) in [6.07, 6.45) is 1.85. The zero-order chi connectivity index (χ0) is 19.3. The molecule has 1 atom stereocenters. The lowest BCUT2D eigenvalue weighted by atomic mass is 9.98. The Morgan fingerprint density at radius 1 is 1.32 bits per heavy atom. The van der Waals surface area contributed by atoms with Gasteiger partial charge in [0.1, 0.15) is 5.75 Å². The van der Waals surface area contributed by atoms with Crippen molar-refractivity contribution < 1.29 is 13.9 Å². The van der Waals surface area contributed by atoms with Gasteiger partial charge in [-0.05, 0) is 42.0 Å². The van der Waals surface area contributed by atoms with E-state index >= 15 is 0 Å². The van der Waals surface area contributed by atoms with Crippen molar-refractivity contribution in [2.45, 2.75) is 25.3 Å². The Kier molecular flexibility index (Phi) is 5.57. The van der Waals surface area contributed by atoms with E-state index in [-0.39, 0.29) is 11.9 Å². The number of methoxy groups -OCH3 is 1. The quantitative estimate of drug-likeness (QED) is 0.705. The number of nitrogens with zero attached hydrogens (tertiary/aromatic N) is 3. The molecule has 3 heterocycles. The summed E-state index contributed by atoms with van der Waals surface area (Å²) in [6, 6.07) is 11.5. The van der Waals surface area contributed by atoms with Crippen molar-refractivity contribution in [3.63, 3.8) is 0 Å². The first-order chi connectivity index (χ1) is 13.7. The first-order valence-electron chi connectivity index (χ1n) is 9.26. The molecule has 0 aliphatic carbocycles. The van der Waals surface area contributed by atoms with Crippen molar-refractivity contribution >= 4 is 17.4 Å². The number of ether oxygens (including phenoxy) is 1. The number of amides is 2. The molecule has 3 aromatic rings. The van der Waals surface area contributed by atoms with Crippen molar-refractivity contribution in [1.82, 2.24) is 20.4 Å². The molecule has 1 fully saturated rings. The van der Waals surface area contributed by atoms with Gasteiger partial charge in [0, 0.05) is 19.6 Å². The fourth-order valence-corrected chi connectivity index (χ4v) is 3.94. The summed E-state index contributed by atoms with van der Waals surface area (Å²) in [4.78, 5) is 15.4. The number of hydrogen-bond donors (Lipinski definition) is 1. The van der Waals surface area contributed by atoms with E-state index in [4.69, 9.17) is 9.15 Å². The van der Waals surface area contributed by atoms with Crippen LogP contribution in [0.25, 0.3) is 10.8 Å². The summed E-state index contributed by atoms with van der Waals surface area (Å²) in [5.41, 5.74) is 1.03. The molecule has 1 aliphatic heterocycles. The number of urea groups is 1. The summed E-state index contributed by atoms with van der Waals surface area (Å²) in [5.74, 6) is 2.03. The zero-order valence-electron chi connectivity index (χ0n) is 15.6. The Morgan fingerprint density at radius 3 is 2.93 bits per heavy atom. The Morgan fingerprint density at radius 2 is 2.18 bits per heavy atom. The molecule has 0 unspecified atom stereocenters. The van der Waals surface area contributed by atoms with Gasteiger partial charge in [-0.2, -0.15) is 0 Å². The lowest BCUT2D eigenvalue weighted by molar-refractivity contribution is 0.174. The summed E-state index contributed by atoms with van der Waals surface area (Å²) < 4.78 is 11.0. The molecule has 0 radical (unpaired) electrons. The predicted molar refractivity (Wildman–Crippen MR) is 106 cm³/mol. The second kappa shape index (κ2) is 8.43. The van der Waals surface area contributed by atoms with Crippen LogP contribution in [0.3, 0.4) is 0 Å². The summed E-state index contributed by atoms with van der Waals surface area (Å²) in [5, 5.41) is 13.3. The van der Waals surface area contributed by atoms with E-state index in [1.807, 2.05) is 46.7 Å². The van der Waals surface area contributed by atoms with Crippen LogP contribution in [0.5, 0.6) is 5.75 Å². The van der Waals surface area contributed by atoms with E-state index in [1.54, 1.807) is 18.4 Å². The van der Waals surface area contributed by atoms with Gasteiger partial charge in [-0.1, -0.05) is 18.2 Å². The number of nitrogens with one attached hydrogen (secondary N) is 1. The lowest BCUT2D eigenvalue weighted by Crippen LogP contribution is -2.44. The Labute approximate surface area is 167 Å². The molecule has 2 amide bonds. The molecule has 0 bridgehead atoms. The van der Waals surface area contributed by atoms with Gasteiger partial charge in [0.2, 0.25) is 5.89 Å². The van der Waals surface area contributed by atoms with Crippen molar-refractivity contribution in [3.05, 3.63) is 53.2 Å². The molecule has 4 rings (SSSR count). The standard InChI is InChI=1S/C20H22N4O3S/c1-26-16-8-6-14(7-9-16)12-21-20(25)24-10-2-4-15(13-24)18-22-23-19(27-18)17-5-3-11-28-17/h3,5-9,11,15H,2,4,10,12-13H2,1H3,(H,21,25)/t15-/m1/s1. The molecule has 8 heteroatoms. The zero-order valence-corrected chi connectivity index (χ0v) is 16.4. The second-order valence-corrected chi connectivity index (χ2v) is 7.66. The maximum atomic E-state index is 12.6. The molecule has 1 N–H and O–H groups in total. The van der Waals surface area contributed by atoms with Gasteiger partial charge in [-0.15, -0.1) is 21.5 Å². The Balaban J connectivity index is 1.34. The molecule has 0 saturated carbocycles. The van der Waals surface area contributed by atoms with Crippen LogP contribution in [0.1, 0.15) is 30.2 Å². The Bertz CT molecular complexity index is 908. The van der Waals surface area contributed by atoms with Crippen LogP contribution in [0, 0.1) is 0 Å². The molecule has 2 aromatic heterocycles. The normalized spacial score (nSPS) is 16.8. The molecule has 1 saturated heterocycles. The van der Waals surface area contributed by atoms with E-state index in [0.717, 1.165) is 35.6 Å². The molecule has 146 valence electrons. The average molecular weight is 398 g/mol. The first-order valence-corrected chi connectivity index (χ1v) is 10.1. The van der Waals surface area contributed by atoms with Gasteiger partial charge in [-0.3, -0.25) is 0 Å².